The Morgan fingerprint density at radius 1 is 0.929 bits per heavy atom. The van der Waals surface area contributed by atoms with Crippen LogP contribution in [0.1, 0.15) is 37.0 Å². The lowest BCUT2D eigenvalue weighted by molar-refractivity contribution is -0.136. The molecule has 7 heteroatoms. The second kappa shape index (κ2) is 9.75. The summed E-state index contributed by atoms with van der Waals surface area (Å²) in [6.45, 7) is 4.03. The summed E-state index contributed by atoms with van der Waals surface area (Å²) in [6.07, 6.45) is -0.998. The number of carbonyl (C=O) groups excluding carboxylic acids is 2. The number of carbonyl (C=O) groups is 2. The van der Waals surface area contributed by atoms with Gasteiger partial charge < -0.3 is 25.2 Å². The molecule has 0 spiro atoms. The highest BCUT2D eigenvalue weighted by Gasteiger charge is 2.17. The topological polar surface area (TPSA) is 96.9 Å². The van der Waals surface area contributed by atoms with E-state index in [1.165, 1.54) is 14.2 Å². The molecule has 0 saturated carbocycles. The summed E-state index contributed by atoms with van der Waals surface area (Å²) >= 11 is 0. The van der Waals surface area contributed by atoms with Crippen molar-refractivity contribution < 1.29 is 24.2 Å². The molecule has 1 unspecified atom stereocenters. The first kappa shape index (κ1) is 21.2. The number of ether oxygens (including phenoxy) is 2. The highest BCUT2D eigenvalue weighted by Crippen LogP contribution is 2.29. The lowest BCUT2D eigenvalue weighted by Gasteiger charge is -2.15. The number of benzene rings is 2. The van der Waals surface area contributed by atoms with Gasteiger partial charge in [0.05, 0.1) is 20.3 Å². The SMILES string of the molecule is COc1ccc(C(O)CNC(=O)C(=O)Nc2ccc(C(C)C)cc2)cc1OC. The first-order valence-corrected chi connectivity index (χ1v) is 8.94. The maximum Gasteiger partial charge on any atom is 0.313 e. The van der Waals surface area contributed by atoms with Gasteiger partial charge >= 0.3 is 11.8 Å². The number of methoxy groups -OCH3 is 2. The first-order chi connectivity index (χ1) is 13.3. The number of hydrogen-bond acceptors (Lipinski definition) is 5. The fraction of sp³-hybridized carbons (Fsp3) is 0.333. The Morgan fingerprint density at radius 3 is 2.11 bits per heavy atom. The zero-order valence-electron chi connectivity index (χ0n) is 16.5. The summed E-state index contributed by atoms with van der Waals surface area (Å²) < 4.78 is 10.3. The molecule has 28 heavy (non-hydrogen) atoms. The van der Waals surface area contributed by atoms with Gasteiger partial charge in [0.25, 0.3) is 0 Å². The molecule has 0 heterocycles. The van der Waals surface area contributed by atoms with Crippen LogP contribution in [0.2, 0.25) is 0 Å². The predicted molar refractivity (Wildman–Crippen MR) is 107 cm³/mol. The molecule has 7 nitrogen and oxygen atoms in total. The highest BCUT2D eigenvalue weighted by molar-refractivity contribution is 6.39. The van der Waals surface area contributed by atoms with Crippen LogP contribution in [0.3, 0.4) is 0 Å². The van der Waals surface area contributed by atoms with Gasteiger partial charge in [-0.05, 0) is 41.3 Å². The number of aliphatic hydroxyl groups is 1. The Balaban J connectivity index is 1.91. The Labute approximate surface area is 164 Å². The van der Waals surface area contributed by atoms with Crippen molar-refractivity contribution in [2.45, 2.75) is 25.9 Å². The molecule has 1 atom stereocenters. The van der Waals surface area contributed by atoms with Gasteiger partial charge in [-0.2, -0.15) is 0 Å². The second-order valence-electron chi connectivity index (χ2n) is 6.57. The van der Waals surface area contributed by atoms with Crippen molar-refractivity contribution in [1.29, 1.82) is 0 Å². The monoisotopic (exact) mass is 386 g/mol. The first-order valence-electron chi connectivity index (χ1n) is 8.94. The molecule has 2 aromatic rings. The van der Waals surface area contributed by atoms with Gasteiger partial charge in [0, 0.05) is 12.2 Å². The number of anilines is 1. The molecule has 0 aliphatic rings. The van der Waals surface area contributed by atoms with Gasteiger partial charge in [0.15, 0.2) is 11.5 Å². The molecule has 3 N–H and O–H groups in total. The number of rotatable bonds is 7. The molecular weight excluding hydrogens is 360 g/mol. The van der Waals surface area contributed by atoms with Crippen molar-refractivity contribution in [1.82, 2.24) is 5.32 Å². The van der Waals surface area contributed by atoms with Crippen molar-refractivity contribution in [3.05, 3.63) is 53.6 Å². The van der Waals surface area contributed by atoms with E-state index in [-0.39, 0.29) is 6.54 Å². The van der Waals surface area contributed by atoms with Crippen LogP contribution in [0.25, 0.3) is 0 Å². The molecule has 0 saturated heterocycles. The Bertz CT molecular complexity index is 818. The van der Waals surface area contributed by atoms with E-state index in [9.17, 15) is 14.7 Å². The van der Waals surface area contributed by atoms with Gasteiger partial charge in [-0.25, -0.2) is 0 Å². The van der Waals surface area contributed by atoms with Crippen LogP contribution in [-0.2, 0) is 9.59 Å². The van der Waals surface area contributed by atoms with Crippen LogP contribution >= 0.6 is 0 Å². The molecule has 0 radical (unpaired) electrons. The van der Waals surface area contributed by atoms with Crippen molar-refractivity contribution in [3.8, 4) is 11.5 Å². The van der Waals surface area contributed by atoms with E-state index in [0.29, 0.717) is 28.7 Å². The third kappa shape index (κ3) is 5.47. The standard InChI is InChI=1S/C21H26N2O5/c1-13(2)14-5-8-16(9-6-14)23-21(26)20(25)22-12-17(24)15-7-10-18(27-3)19(11-15)28-4/h5-11,13,17,24H,12H2,1-4H3,(H,22,25)(H,23,26). The van der Waals surface area contributed by atoms with E-state index in [2.05, 4.69) is 24.5 Å². The maximum atomic E-state index is 12.0. The van der Waals surface area contributed by atoms with Gasteiger partial charge in [-0.15, -0.1) is 0 Å². The molecule has 150 valence electrons. The summed E-state index contributed by atoms with van der Waals surface area (Å²) in [4.78, 5) is 24.0. The number of aliphatic hydroxyl groups excluding tert-OH is 1. The highest BCUT2D eigenvalue weighted by atomic mass is 16.5. The molecular formula is C21H26N2O5. The van der Waals surface area contributed by atoms with Gasteiger partial charge in [-0.3, -0.25) is 9.59 Å². The normalized spacial score (nSPS) is 11.6. The van der Waals surface area contributed by atoms with Crippen LogP contribution < -0.4 is 20.1 Å². The maximum absolute atomic E-state index is 12.0. The van der Waals surface area contributed by atoms with Crippen molar-refractivity contribution in [3.63, 3.8) is 0 Å². The van der Waals surface area contributed by atoms with Gasteiger partial charge in [-0.1, -0.05) is 32.0 Å². The minimum atomic E-state index is -0.998. The average molecular weight is 386 g/mol. The van der Waals surface area contributed by atoms with Crippen LogP contribution in [0, 0.1) is 0 Å². The lowest BCUT2D eigenvalue weighted by Crippen LogP contribution is -2.37. The van der Waals surface area contributed by atoms with Crippen LogP contribution in [-0.4, -0.2) is 37.7 Å². The Morgan fingerprint density at radius 2 is 1.54 bits per heavy atom. The average Bonchev–Trinajstić information content (AvgIpc) is 2.71. The van der Waals surface area contributed by atoms with E-state index >= 15 is 0 Å². The quantitative estimate of drug-likeness (QED) is 0.636. The van der Waals surface area contributed by atoms with Crippen molar-refractivity contribution in [2.24, 2.45) is 0 Å². The lowest BCUT2D eigenvalue weighted by atomic mass is 10.0. The molecule has 0 aromatic heterocycles. The summed E-state index contributed by atoms with van der Waals surface area (Å²) in [5, 5.41) is 15.2. The molecule has 0 aliphatic carbocycles. The fourth-order valence-electron chi connectivity index (χ4n) is 2.59. The number of nitrogens with one attached hydrogen (secondary N) is 2. The Kier molecular flexibility index (Phi) is 7.40. The molecule has 0 aliphatic heterocycles. The fourth-order valence-corrected chi connectivity index (χ4v) is 2.59. The van der Waals surface area contributed by atoms with Gasteiger partial charge in [0.1, 0.15) is 0 Å². The van der Waals surface area contributed by atoms with Crippen molar-refractivity contribution in [2.75, 3.05) is 26.1 Å². The third-order valence-electron chi connectivity index (χ3n) is 4.29. The summed E-state index contributed by atoms with van der Waals surface area (Å²) in [7, 11) is 3.01. The third-order valence-corrected chi connectivity index (χ3v) is 4.29. The predicted octanol–water partition coefficient (Wildman–Crippen LogP) is 2.62. The van der Waals surface area contributed by atoms with Crippen molar-refractivity contribution >= 4 is 17.5 Å². The van der Waals surface area contributed by atoms with E-state index in [1.807, 2.05) is 12.1 Å². The van der Waals surface area contributed by atoms with Crippen LogP contribution in [0.5, 0.6) is 11.5 Å². The zero-order valence-corrected chi connectivity index (χ0v) is 16.5. The largest absolute Gasteiger partial charge is 0.493 e. The van der Waals surface area contributed by atoms with E-state index in [1.54, 1.807) is 30.3 Å². The molecule has 0 fully saturated rings. The number of hydrogen-bond donors (Lipinski definition) is 3. The second-order valence-corrected chi connectivity index (χ2v) is 6.57. The molecule has 2 aromatic carbocycles. The summed E-state index contributed by atoms with van der Waals surface area (Å²) in [5.41, 5.74) is 2.20. The van der Waals surface area contributed by atoms with Gasteiger partial charge in [0.2, 0.25) is 0 Å². The summed E-state index contributed by atoms with van der Waals surface area (Å²) in [5.74, 6) is -0.242. The minimum Gasteiger partial charge on any atom is -0.493 e. The van der Waals surface area contributed by atoms with Crippen LogP contribution in [0.15, 0.2) is 42.5 Å². The van der Waals surface area contributed by atoms with Crippen LogP contribution in [0.4, 0.5) is 5.69 Å². The molecule has 0 bridgehead atoms. The van der Waals surface area contributed by atoms with E-state index in [4.69, 9.17) is 9.47 Å². The molecule has 2 rings (SSSR count). The summed E-state index contributed by atoms with van der Waals surface area (Å²) in [6, 6.07) is 12.2. The number of amides is 2. The van der Waals surface area contributed by atoms with E-state index < -0.39 is 17.9 Å². The minimum absolute atomic E-state index is 0.117. The molecule has 2 amide bonds. The van der Waals surface area contributed by atoms with E-state index in [0.717, 1.165) is 5.56 Å². The zero-order chi connectivity index (χ0) is 20.7. The smallest absolute Gasteiger partial charge is 0.313 e. The Hall–Kier alpha value is -3.06.